The predicted octanol–water partition coefficient (Wildman–Crippen LogP) is 1.00. The van der Waals surface area contributed by atoms with E-state index in [1.54, 1.807) is 6.92 Å². The van der Waals surface area contributed by atoms with Gasteiger partial charge in [0.25, 0.3) is 0 Å². The number of aromatic amines is 1. The van der Waals surface area contributed by atoms with Gasteiger partial charge in [-0.1, -0.05) is 0 Å². The number of nitrogens with one attached hydrogen (secondary N) is 1. The highest BCUT2D eigenvalue weighted by molar-refractivity contribution is 5.96. The largest absolute Gasteiger partial charge is 0.461 e. The summed E-state index contributed by atoms with van der Waals surface area (Å²) in [4.78, 5) is 24.1. The topological polar surface area (TPSA) is 59.2 Å². The number of H-pyrrole nitrogens is 1. The molecule has 12 heavy (non-hydrogen) atoms. The van der Waals surface area contributed by atoms with Gasteiger partial charge in [0.15, 0.2) is 6.29 Å². The lowest BCUT2D eigenvalue weighted by Gasteiger charge is -1.98. The smallest absolute Gasteiger partial charge is 0.355 e. The van der Waals surface area contributed by atoms with Gasteiger partial charge in [-0.15, -0.1) is 0 Å². The van der Waals surface area contributed by atoms with Gasteiger partial charge in [0.1, 0.15) is 5.69 Å². The molecule has 1 N–H and O–H groups in total. The van der Waals surface area contributed by atoms with Gasteiger partial charge in [-0.3, -0.25) is 4.79 Å². The molecule has 0 atom stereocenters. The average molecular weight is 167 g/mol. The van der Waals surface area contributed by atoms with Crippen LogP contribution >= 0.6 is 0 Å². The van der Waals surface area contributed by atoms with Crippen molar-refractivity contribution in [3.63, 3.8) is 0 Å². The summed E-state index contributed by atoms with van der Waals surface area (Å²) in [6.07, 6.45) is 2.14. The Morgan fingerprint density at radius 2 is 2.50 bits per heavy atom. The van der Waals surface area contributed by atoms with Crippen molar-refractivity contribution in [1.82, 2.24) is 4.98 Å². The van der Waals surface area contributed by atoms with Crippen LogP contribution in [0.5, 0.6) is 0 Å². The molecule has 4 heteroatoms. The highest BCUT2D eigenvalue weighted by atomic mass is 16.5. The molecule has 0 saturated carbocycles. The van der Waals surface area contributed by atoms with Gasteiger partial charge in [0, 0.05) is 11.8 Å². The normalized spacial score (nSPS) is 9.42. The predicted molar refractivity (Wildman–Crippen MR) is 42.1 cm³/mol. The standard InChI is InChI=1S/C8H9NO3/c1-2-12-8(11)7-6(5-10)3-4-9-7/h3-5,9H,2H2,1H3. The maximum absolute atomic E-state index is 11.1. The molecule has 0 unspecified atom stereocenters. The van der Waals surface area contributed by atoms with Crippen LogP contribution in [0, 0.1) is 0 Å². The Labute approximate surface area is 69.5 Å². The first kappa shape index (κ1) is 8.52. The summed E-state index contributed by atoms with van der Waals surface area (Å²) in [5, 5.41) is 0. The highest BCUT2D eigenvalue weighted by Crippen LogP contribution is 2.04. The van der Waals surface area contributed by atoms with Crippen LogP contribution in [0.1, 0.15) is 27.8 Å². The Balaban J connectivity index is 2.86. The third-order valence-corrected chi connectivity index (χ3v) is 1.39. The van der Waals surface area contributed by atoms with Crippen LogP contribution in [0.15, 0.2) is 12.3 Å². The number of rotatable bonds is 3. The second-order valence-corrected chi connectivity index (χ2v) is 2.15. The first-order chi connectivity index (χ1) is 5.79. The zero-order valence-electron chi connectivity index (χ0n) is 6.66. The minimum absolute atomic E-state index is 0.215. The van der Waals surface area contributed by atoms with Crippen LogP contribution in [0.3, 0.4) is 0 Å². The molecular formula is C8H9NO3. The Hall–Kier alpha value is -1.58. The van der Waals surface area contributed by atoms with Crippen LogP contribution in [-0.2, 0) is 4.74 Å². The van der Waals surface area contributed by atoms with E-state index in [0.717, 1.165) is 0 Å². The molecule has 64 valence electrons. The van der Waals surface area contributed by atoms with E-state index in [1.807, 2.05) is 0 Å². The van der Waals surface area contributed by atoms with Crippen molar-refractivity contribution in [2.24, 2.45) is 0 Å². The lowest BCUT2D eigenvalue weighted by molar-refractivity contribution is 0.0518. The molecule has 0 bridgehead atoms. The molecule has 1 heterocycles. The van der Waals surface area contributed by atoms with E-state index >= 15 is 0 Å². The maximum Gasteiger partial charge on any atom is 0.355 e. The number of carbonyl (C=O) groups is 2. The maximum atomic E-state index is 11.1. The summed E-state index contributed by atoms with van der Waals surface area (Å²) < 4.78 is 4.70. The van der Waals surface area contributed by atoms with E-state index in [2.05, 4.69) is 4.98 Å². The number of ether oxygens (including phenoxy) is 1. The second-order valence-electron chi connectivity index (χ2n) is 2.15. The lowest BCUT2D eigenvalue weighted by Crippen LogP contribution is -2.07. The fraction of sp³-hybridized carbons (Fsp3) is 0.250. The molecule has 1 aromatic heterocycles. The Morgan fingerprint density at radius 3 is 3.08 bits per heavy atom. The van der Waals surface area contributed by atoms with E-state index in [4.69, 9.17) is 4.74 Å². The molecule has 0 amide bonds. The summed E-state index contributed by atoms with van der Waals surface area (Å²) in [7, 11) is 0. The number of hydrogen-bond donors (Lipinski definition) is 1. The number of hydrogen-bond acceptors (Lipinski definition) is 3. The van der Waals surface area contributed by atoms with Crippen LogP contribution in [-0.4, -0.2) is 23.8 Å². The van der Waals surface area contributed by atoms with Gasteiger partial charge in [0.2, 0.25) is 0 Å². The summed E-state index contributed by atoms with van der Waals surface area (Å²) in [6, 6.07) is 1.53. The van der Waals surface area contributed by atoms with Crippen molar-refractivity contribution >= 4 is 12.3 Å². The van der Waals surface area contributed by atoms with E-state index in [-0.39, 0.29) is 5.69 Å². The van der Waals surface area contributed by atoms with E-state index in [0.29, 0.717) is 18.5 Å². The first-order valence-electron chi connectivity index (χ1n) is 3.59. The lowest BCUT2D eigenvalue weighted by atomic mass is 10.3. The SMILES string of the molecule is CCOC(=O)c1[nH]ccc1C=O. The molecule has 0 aromatic carbocycles. The van der Waals surface area contributed by atoms with Gasteiger partial charge in [-0.25, -0.2) is 4.79 Å². The van der Waals surface area contributed by atoms with E-state index in [1.165, 1.54) is 12.3 Å². The number of carbonyl (C=O) groups excluding carboxylic acids is 2. The number of aromatic nitrogens is 1. The van der Waals surface area contributed by atoms with Crippen LogP contribution in [0.2, 0.25) is 0 Å². The monoisotopic (exact) mass is 167 g/mol. The third kappa shape index (κ3) is 1.53. The Bertz CT molecular complexity index is 290. The summed E-state index contributed by atoms with van der Waals surface area (Å²) in [6.45, 7) is 2.01. The molecule has 0 aliphatic rings. The van der Waals surface area contributed by atoms with Crippen molar-refractivity contribution in [3.05, 3.63) is 23.5 Å². The molecule has 1 aromatic rings. The van der Waals surface area contributed by atoms with Gasteiger partial charge in [0.05, 0.1) is 6.61 Å². The van der Waals surface area contributed by atoms with E-state index < -0.39 is 5.97 Å². The first-order valence-corrected chi connectivity index (χ1v) is 3.59. The van der Waals surface area contributed by atoms with Gasteiger partial charge in [-0.05, 0) is 13.0 Å². The Kier molecular flexibility index (Phi) is 2.63. The second kappa shape index (κ2) is 3.71. The van der Waals surface area contributed by atoms with Crippen molar-refractivity contribution in [3.8, 4) is 0 Å². The minimum atomic E-state index is -0.496. The van der Waals surface area contributed by atoms with Crippen molar-refractivity contribution in [1.29, 1.82) is 0 Å². The van der Waals surface area contributed by atoms with Gasteiger partial charge in [-0.2, -0.15) is 0 Å². The number of aldehydes is 1. The molecule has 1 rings (SSSR count). The summed E-state index contributed by atoms with van der Waals surface area (Å²) >= 11 is 0. The zero-order valence-corrected chi connectivity index (χ0v) is 6.66. The fourth-order valence-corrected chi connectivity index (χ4v) is 0.860. The Morgan fingerprint density at radius 1 is 1.75 bits per heavy atom. The van der Waals surface area contributed by atoms with Gasteiger partial charge < -0.3 is 9.72 Å². The van der Waals surface area contributed by atoms with Crippen LogP contribution in [0.25, 0.3) is 0 Å². The van der Waals surface area contributed by atoms with Crippen molar-refractivity contribution in [2.45, 2.75) is 6.92 Å². The van der Waals surface area contributed by atoms with E-state index in [9.17, 15) is 9.59 Å². The fourth-order valence-electron chi connectivity index (χ4n) is 0.860. The minimum Gasteiger partial charge on any atom is -0.461 e. The van der Waals surface area contributed by atoms with Gasteiger partial charge >= 0.3 is 5.97 Å². The summed E-state index contributed by atoms with van der Waals surface area (Å²) in [5.41, 5.74) is 0.542. The summed E-state index contributed by atoms with van der Waals surface area (Å²) in [5.74, 6) is -0.496. The highest BCUT2D eigenvalue weighted by Gasteiger charge is 2.12. The molecule has 0 spiro atoms. The molecule has 0 radical (unpaired) electrons. The molecule has 0 aliphatic heterocycles. The quantitative estimate of drug-likeness (QED) is 0.539. The molecular weight excluding hydrogens is 158 g/mol. The molecule has 0 fully saturated rings. The molecule has 4 nitrogen and oxygen atoms in total. The van der Waals surface area contributed by atoms with Crippen LogP contribution in [0.4, 0.5) is 0 Å². The average Bonchev–Trinajstić information content (AvgIpc) is 2.51. The zero-order chi connectivity index (χ0) is 8.97. The van der Waals surface area contributed by atoms with Crippen LogP contribution < -0.4 is 0 Å². The third-order valence-electron chi connectivity index (χ3n) is 1.39. The molecule has 0 saturated heterocycles. The number of esters is 1. The molecule has 0 aliphatic carbocycles. The van der Waals surface area contributed by atoms with Crippen molar-refractivity contribution in [2.75, 3.05) is 6.61 Å². The van der Waals surface area contributed by atoms with Crippen molar-refractivity contribution < 1.29 is 14.3 Å².